The number of aromatic nitrogens is 1. The summed E-state index contributed by atoms with van der Waals surface area (Å²) in [7, 11) is -4.43. The van der Waals surface area contributed by atoms with Crippen LogP contribution >= 0.6 is 0 Å². The number of hydrogen-bond acceptors (Lipinski definition) is 8. The molecule has 0 aliphatic carbocycles. The van der Waals surface area contributed by atoms with Gasteiger partial charge >= 0.3 is 16.1 Å². The SMILES string of the molecule is Cc1noc(C)c1S(=O)(=O)Oc1cc(C(=O)O)cc(O)c1O. The van der Waals surface area contributed by atoms with Crippen LogP contribution in [-0.2, 0) is 10.1 Å². The third-order valence-electron chi connectivity index (χ3n) is 2.72. The molecule has 118 valence electrons. The van der Waals surface area contributed by atoms with Crippen LogP contribution in [0.5, 0.6) is 17.2 Å². The lowest BCUT2D eigenvalue weighted by molar-refractivity contribution is 0.0696. The van der Waals surface area contributed by atoms with Crippen LogP contribution in [0.25, 0.3) is 0 Å². The number of carboxylic acids is 1. The Balaban J connectivity index is 2.53. The van der Waals surface area contributed by atoms with Crippen molar-refractivity contribution in [1.82, 2.24) is 5.16 Å². The van der Waals surface area contributed by atoms with E-state index in [1.165, 1.54) is 13.8 Å². The van der Waals surface area contributed by atoms with Crippen molar-refractivity contribution in [3.63, 3.8) is 0 Å². The Morgan fingerprint density at radius 2 is 1.91 bits per heavy atom. The molecular weight excluding hydrogens is 318 g/mol. The molecular formula is C12H11NO8S. The van der Waals surface area contributed by atoms with Crippen LogP contribution in [0.3, 0.4) is 0 Å². The van der Waals surface area contributed by atoms with Crippen LogP contribution in [0, 0.1) is 13.8 Å². The Morgan fingerprint density at radius 1 is 1.27 bits per heavy atom. The fraction of sp³-hybridized carbons (Fsp3) is 0.167. The van der Waals surface area contributed by atoms with E-state index in [4.69, 9.17) is 13.8 Å². The predicted molar refractivity (Wildman–Crippen MR) is 70.5 cm³/mol. The fourth-order valence-corrected chi connectivity index (χ4v) is 3.01. The molecule has 0 amide bonds. The first-order chi connectivity index (χ1) is 10.1. The number of hydrogen-bond donors (Lipinski definition) is 3. The monoisotopic (exact) mass is 329 g/mol. The largest absolute Gasteiger partial charge is 0.504 e. The van der Waals surface area contributed by atoms with Crippen molar-refractivity contribution in [2.75, 3.05) is 0 Å². The van der Waals surface area contributed by atoms with E-state index < -0.39 is 38.9 Å². The minimum Gasteiger partial charge on any atom is -0.504 e. The van der Waals surface area contributed by atoms with E-state index in [1.807, 2.05) is 0 Å². The lowest BCUT2D eigenvalue weighted by atomic mass is 10.2. The number of nitrogens with zero attached hydrogens (tertiary/aromatic N) is 1. The summed E-state index contributed by atoms with van der Waals surface area (Å²) >= 11 is 0. The molecule has 3 N–H and O–H groups in total. The first kappa shape index (κ1) is 15.6. The molecule has 10 heteroatoms. The van der Waals surface area contributed by atoms with Gasteiger partial charge in [0.25, 0.3) is 0 Å². The molecule has 0 fully saturated rings. The van der Waals surface area contributed by atoms with Crippen molar-refractivity contribution in [2.45, 2.75) is 18.7 Å². The second-order valence-electron chi connectivity index (χ2n) is 4.34. The number of carbonyl (C=O) groups is 1. The molecule has 0 spiro atoms. The molecule has 0 bridgehead atoms. The van der Waals surface area contributed by atoms with Gasteiger partial charge in [0.15, 0.2) is 22.2 Å². The molecule has 0 aliphatic heterocycles. The van der Waals surface area contributed by atoms with Crippen LogP contribution < -0.4 is 4.18 Å². The van der Waals surface area contributed by atoms with E-state index in [9.17, 15) is 23.4 Å². The second kappa shape index (κ2) is 5.22. The van der Waals surface area contributed by atoms with Gasteiger partial charge in [0.1, 0.15) is 5.69 Å². The van der Waals surface area contributed by atoms with Crippen LogP contribution in [0.2, 0.25) is 0 Å². The van der Waals surface area contributed by atoms with E-state index in [0.717, 1.165) is 12.1 Å². The molecule has 9 nitrogen and oxygen atoms in total. The Morgan fingerprint density at radius 3 is 2.41 bits per heavy atom. The minimum atomic E-state index is -4.43. The van der Waals surface area contributed by atoms with Crippen LogP contribution in [0.15, 0.2) is 21.6 Å². The highest BCUT2D eigenvalue weighted by molar-refractivity contribution is 7.87. The molecule has 0 saturated heterocycles. The molecule has 2 aromatic rings. The molecule has 0 radical (unpaired) electrons. The van der Waals surface area contributed by atoms with Gasteiger partial charge in [-0.15, -0.1) is 0 Å². The summed E-state index contributed by atoms with van der Waals surface area (Å²) < 4.78 is 33.8. The molecule has 1 heterocycles. The Bertz CT molecular complexity index is 833. The normalized spacial score (nSPS) is 11.4. The summed E-state index contributed by atoms with van der Waals surface area (Å²) in [6.07, 6.45) is 0. The summed E-state index contributed by atoms with van der Waals surface area (Å²) in [5, 5.41) is 31.4. The van der Waals surface area contributed by atoms with E-state index in [2.05, 4.69) is 5.16 Å². The maximum atomic E-state index is 12.2. The number of aromatic carboxylic acids is 1. The molecule has 22 heavy (non-hydrogen) atoms. The number of aryl methyl sites for hydroxylation is 2. The summed E-state index contributed by atoms with van der Waals surface area (Å²) in [6, 6.07) is 1.53. The highest BCUT2D eigenvalue weighted by Gasteiger charge is 2.28. The molecule has 1 aromatic heterocycles. The average molecular weight is 329 g/mol. The zero-order chi connectivity index (χ0) is 16.7. The van der Waals surface area contributed by atoms with Crippen molar-refractivity contribution < 1.29 is 37.2 Å². The van der Waals surface area contributed by atoms with Gasteiger partial charge < -0.3 is 24.0 Å². The number of phenols is 2. The highest BCUT2D eigenvalue weighted by Crippen LogP contribution is 2.38. The van der Waals surface area contributed by atoms with Crippen molar-refractivity contribution in [3.05, 3.63) is 29.2 Å². The number of carboxylic acid groups (broad SMARTS) is 1. The van der Waals surface area contributed by atoms with Crippen LogP contribution in [0.1, 0.15) is 21.8 Å². The zero-order valence-corrected chi connectivity index (χ0v) is 12.2. The third-order valence-corrected chi connectivity index (χ3v) is 4.20. The van der Waals surface area contributed by atoms with Crippen molar-refractivity contribution in [2.24, 2.45) is 0 Å². The smallest absolute Gasteiger partial charge is 0.344 e. The van der Waals surface area contributed by atoms with Crippen LogP contribution in [-0.4, -0.2) is 34.9 Å². The van der Waals surface area contributed by atoms with E-state index in [0.29, 0.717) is 0 Å². The Hall–Kier alpha value is -2.75. The quantitative estimate of drug-likeness (QED) is 0.555. The topological polar surface area (TPSA) is 147 Å². The average Bonchev–Trinajstić information content (AvgIpc) is 2.74. The first-order valence-corrected chi connectivity index (χ1v) is 7.21. The molecule has 0 aliphatic rings. The highest BCUT2D eigenvalue weighted by atomic mass is 32.2. The number of aromatic hydroxyl groups is 2. The summed E-state index contributed by atoms with van der Waals surface area (Å²) in [4.78, 5) is 10.6. The molecule has 0 atom stereocenters. The summed E-state index contributed by atoms with van der Waals surface area (Å²) in [5.74, 6) is -3.92. The van der Waals surface area contributed by atoms with Gasteiger partial charge in [-0.3, -0.25) is 0 Å². The zero-order valence-electron chi connectivity index (χ0n) is 11.4. The van der Waals surface area contributed by atoms with Crippen LogP contribution in [0.4, 0.5) is 0 Å². The minimum absolute atomic E-state index is 0.0319. The number of rotatable bonds is 4. The fourth-order valence-electron chi connectivity index (χ4n) is 1.77. The van der Waals surface area contributed by atoms with Crippen molar-refractivity contribution >= 4 is 16.1 Å². The van der Waals surface area contributed by atoms with E-state index in [-0.39, 0.29) is 16.3 Å². The standard InChI is InChI=1S/C12H11NO8S/c1-5-11(6(2)20-13-5)22(18,19)21-9-4-7(12(16)17)3-8(14)10(9)15/h3-4,14-15H,1-2H3,(H,16,17). The Kier molecular flexibility index (Phi) is 3.71. The maximum Gasteiger partial charge on any atom is 0.344 e. The molecule has 0 saturated carbocycles. The van der Waals surface area contributed by atoms with Gasteiger partial charge in [0.05, 0.1) is 5.56 Å². The maximum absolute atomic E-state index is 12.2. The summed E-state index contributed by atoms with van der Waals surface area (Å²) in [5.41, 5.74) is -0.421. The first-order valence-electron chi connectivity index (χ1n) is 5.80. The van der Waals surface area contributed by atoms with Gasteiger partial charge in [-0.1, -0.05) is 5.16 Å². The predicted octanol–water partition coefficient (Wildman–Crippen LogP) is 1.17. The van der Waals surface area contributed by atoms with E-state index >= 15 is 0 Å². The van der Waals surface area contributed by atoms with Gasteiger partial charge in [0.2, 0.25) is 5.75 Å². The van der Waals surface area contributed by atoms with Gasteiger partial charge in [-0.25, -0.2) is 4.79 Å². The lowest BCUT2D eigenvalue weighted by Gasteiger charge is -2.10. The lowest BCUT2D eigenvalue weighted by Crippen LogP contribution is -2.12. The van der Waals surface area contributed by atoms with Crippen molar-refractivity contribution in [3.8, 4) is 17.2 Å². The number of benzene rings is 1. The van der Waals surface area contributed by atoms with E-state index in [1.54, 1.807) is 0 Å². The third kappa shape index (κ3) is 2.68. The molecule has 1 aromatic carbocycles. The van der Waals surface area contributed by atoms with Gasteiger partial charge in [-0.05, 0) is 19.9 Å². The Labute approximate surface area is 124 Å². The van der Waals surface area contributed by atoms with Gasteiger partial charge in [0, 0.05) is 6.07 Å². The second-order valence-corrected chi connectivity index (χ2v) is 5.82. The molecule has 2 rings (SSSR count). The van der Waals surface area contributed by atoms with Crippen molar-refractivity contribution in [1.29, 1.82) is 0 Å². The summed E-state index contributed by atoms with van der Waals surface area (Å²) in [6.45, 7) is 2.72. The van der Waals surface area contributed by atoms with Gasteiger partial charge in [-0.2, -0.15) is 8.42 Å². The number of phenolic OH excluding ortho intramolecular Hbond substituents is 2. The molecule has 0 unspecified atom stereocenters.